The van der Waals surface area contributed by atoms with E-state index in [1.165, 1.54) is 6.20 Å². The van der Waals surface area contributed by atoms with Crippen LogP contribution in [0.3, 0.4) is 0 Å². The molecule has 0 spiro atoms. The molecule has 0 fully saturated rings. The predicted octanol–water partition coefficient (Wildman–Crippen LogP) is 2.25. The SMILES string of the molecule is CC(C)=NNC(=O)Nc1ncccc1Cl. The fourth-order valence-electron chi connectivity index (χ4n) is 0.776. The number of hydrogen-bond donors (Lipinski definition) is 2. The normalized spacial score (nSPS) is 9.27. The number of carbonyl (C=O) groups is 1. The first-order valence-corrected chi connectivity index (χ1v) is 4.66. The zero-order chi connectivity index (χ0) is 11.3. The second-order valence-corrected chi connectivity index (χ2v) is 3.37. The third-order valence-corrected chi connectivity index (χ3v) is 1.68. The first kappa shape index (κ1) is 11.5. The number of aromatic nitrogens is 1. The number of rotatable bonds is 2. The first-order chi connectivity index (χ1) is 7.09. The lowest BCUT2D eigenvalue weighted by molar-refractivity contribution is 0.252. The van der Waals surface area contributed by atoms with Gasteiger partial charge in [0.15, 0.2) is 5.82 Å². The number of carbonyl (C=O) groups excluding carboxylic acids is 1. The molecule has 0 aliphatic rings. The highest BCUT2D eigenvalue weighted by molar-refractivity contribution is 6.33. The van der Waals surface area contributed by atoms with Gasteiger partial charge in [-0.2, -0.15) is 5.10 Å². The van der Waals surface area contributed by atoms with Crippen molar-refractivity contribution in [1.29, 1.82) is 0 Å². The summed E-state index contributed by atoms with van der Waals surface area (Å²) >= 11 is 5.79. The number of amides is 2. The number of urea groups is 1. The molecule has 80 valence electrons. The van der Waals surface area contributed by atoms with E-state index in [2.05, 4.69) is 20.8 Å². The molecule has 0 radical (unpaired) electrons. The van der Waals surface area contributed by atoms with E-state index in [1.807, 2.05) is 0 Å². The molecule has 1 heterocycles. The smallest absolute Gasteiger partial charge is 0.290 e. The maximum atomic E-state index is 11.2. The highest BCUT2D eigenvalue weighted by Crippen LogP contribution is 2.16. The summed E-state index contributed by atoms with van der Waals surface area (Å²) in [7, 11) is 0. The number of hydrogen-bond acceptors (Lipinski definition) is 3. The van der Waals surface area contributed by atoms with Crippen LogP contribution in [0.25, 0.3) is 0 Å². The predicted molar refractivity (Wildman–Crippen MR) is 60.2 cm³/mol. The van der Waals surface area contributed by atoms with Gasteiger partial charge in [-0.25, -0.2) is 15.2 Å². The van der Waals surface area contributed by atoms with Crippen LogP contribution in [0.15, 0.2) is 23.4 Å². The van der Waals surface area contributed by atoms with Crippen LogP contribution >= 0.6 is 11.6 Å². The van der Waals surface area contributed by atoms with Crippen molar-refractivity contribution in [3.8, 4) is 0 Å². The van der Waals surface area contributed by atoms with E-state index in [9.17, 15) is 4.79 Å². The molecule has 0 aromatic carbocycles. The average molecular weight is 227 g/mol. The number of nitrogens with zero attached hydrogens (tertiary/aromatic N) is 2. The molecular formula is C9H11ClN4O. The Bertz CT molecular complexity index is 387. The molecule has 0 aliphatic heterocycles. The lowest BCUT2D eigenvalue weighted by Gasteiger charge is -2.04. The van der Waals surface area contributed by atoms with Gasteiger partial charge in [-0.3, -0.25) is 5.32 Å². The molecule has 2 N–H and O–H groups in total. The molecule has 0 saturated heterocycles. The summed E-state index contributed by atoms with van der Waals surface area (Å²) in [6, 6.07) is 2.84. The van der Waals surface area contributed by atoms with Crippen molar-refractivity contribution in [2.24, 2.45) is 5.10 Å². The Labute approximate surface area is 92.5 Å². The molecule has 15 heavy (non-hydrogen) atoms. The molecule has 0 atom stereocenters. The minimum Gasteiger partial charge on any atom is -0.290 e. The molecule has 0 unspecified atom stereocenters. The van der Waals surface area contributed by atoms with Crippen LogP contribution in [0, 0.1) is 0 Å². The first-order valence-electron chi connectivity index (χ1n) is 4.28. The Morgan fingerprint density at radius 2 is 2.27 bits per heavy atom. The van der Waals surface area contributed by atoms with Crippen molar-refractivity contribution in [3.63, 3.8) is 0 Å². The van der Waals surface area contributed by atoms with Crippen molar-refractivity contribution >= 4 is 29.2 Å². The van der Waals surface area contributed by atoms with Crippen molar-refractivity contribution in [2.75, 3.05) is 5.32 Å². The fourth-order valence-corrected chi connectivity index (χ4v) is 0.945. The third kappa shape index (κ3) is 3.95. The molecular weight excluding hydrogens is 216 g/mol. The second-order valence-electron chi connectivity index (χ2n) is 2.96. The van der Waals surface area contributed by atoms with Crippen LogP contribution in [0.2, 0.25) is 5.02 Å². The van der Waals surface area contributed by atoms with E-state index in [4.69, 9.17) is 11.6 Å². The summed E-state index contributed by atoms with van der Waals surface area (Å²) in [6.07, 6.45) is 1.54. The number of anilines is 1. The molecule has 2 amide bonds. The highest BCUT2D eigenvalue weighted by atomic mass is 35.5. The van der Waals surface area contributed by atoms with Crippen LogP contribution in [0.4, 0.5) is 10.6 Å². The standard InChI is InChI=1S/C9H11ClN4O/c1-6(2)13-14-9(15)12-8-7(10)4-3-5-11-8/h3-5H,1-2H3,(H2,11,12,14,15). The van der Waals surface area contributed by atoms with Gasteiger partial charge in [0.05, 0.1) is 5.02 Å². The zero-order valence-corrected chi connectivity index (χ0v) is 9.17. The van der Waals surface area contributed by atoms with Crippen LogP contribution in [-0.2, 0) is 0 Å². The lowest BCUT2D eigenvalue weighted by atomic mass is 10.4. The summed E-state index contributed by atoms with van der Waals surface area (Å²) in [5.41, 5.74) is 3.04. The number of pyridine rings is 1. The quantitative estimate of drug-likeness (QED) is 0.600. The van der Waals surface area contributed by atoms with Gasteiger partial charge in [0.2, 0.25) is 0 Å². The van der Waals surface area contributed by atoms with E-state index in [1.54, 1.807) is 26.0 Å². The second kappa shape index (κ2) is 5.31. The number of halogens is 1. The molecule has 6 heteroatoms. The maximum Gasteiger partial charge on any atom is 0.340 e. The number of nitrogens with one attached hydrogen (secondary N) is 2. The molecule has 1 rings (SSSR count). The Hall–Kier alpha value is -1.62. The van der Waals surface area contributed by atoms with Crippen LogP contribution in [0.5, 0.6) is 0 Å². The van der Waals surface area contributed by atoms with Gasteiger partial charge in [-0.05, 0) is 26.0 Å². The molecule has 0 saturated carbocycles. The Balaban J connectivity index is 2.59. The van der Waals surface area contributed by atoms with E-state index < -0.39 is 6.03 Å². The molecule has 0 aliphatic carbocycles. The summed E-state index contributed by atoms with van der Waals surface area (Å²) in [4.78, 5) is 15.1. The Morgan fingerprint density at radius 1 is 1.53 bits per heavy atom. The van der Waals surface area contributed by atoms with Gasteiger partial charge in [0, 0.05) is 11.9 Å². The zero-order valence-electron chi connectivity index (χ0n) is 8.41. The van der Waals surface area contributed by atoms with E-state index in [0.29, 0.717) is 10.8 Å². The van der Waals surface area contributed by atoms with Gasteiger partial charge in [-0.1, -0.05) is 11.6 Å². The molecule has 1 aromatic heterocycles. The largest absolute Gasteiger partial charge is 0.340 e. The van der Waals surface area contributed by atoms with Crippen molar-refractivity contribution in [1.82, 2.24) is 10.4 Å². The molecule has 1 aromatic rings. The molecule has 5 nitrogen and oxygen atoms in total. The van der Waals surface area contributed by atoms with Gasteiger partial charge >= 0.3 is 6.03 Å². The minimum atomic E-state index is -0.475. The maximum absolute atomic E-state index is 11.2. The van der Waals surface area contributed by atoms with Gasteiger partial charge in [0.25, 0.3) is 0 Å². The highest BCUT2D eigenvalue weighted by Gasteiger charge is 2.04. The monoisotopic (exact) mass is 226 g/mol. The number of hydrazone groups is 1. The minimum absolute atomic E-state index is 0.306. The fraction of sp³-hybridized carbons (Fsp3) is 0.222. The van der Waals surface area contributed by atoms with Crippen molar-refractivity contribution in [3.05, 3.63) is 23.4 Å². The molecule has 0 bridgehead atoms. The van der Waals surface area contributed by atoms with E-state index >= 15 is 0 Å². The summed E-state index contributed by atoms with van der Waals surface area (Å²) < 4.78 is 0. The van der Waals surface area contributed by atoms with Crippen LogP contribution in [0.1, 0.15) is 13.8 Å². The van der Waals surface area contributed by atoms with Gasteiger partial charge < -0.3 is 0 Å². The topological polar surface area (TPSA) is 66.4 Å². The Kier molecular flexibility index (Phi) is 4.05. The third-order valence-electron chi connectivity index (χ3n) is 1.37. The van der Waals surface area contributed by atoms with Gasteiger partial charge in [0.1, 0.15) is 0 Å². The summed E-state index contributed by atoms with van der Waals surface area (Å²) in [5, 5.41) is 6.58. The summed E-state index contributed by atoms with van der Waals surface area (Å²) in [5.74, 6) is 0.306. The van der Waals surface area contributed by atoms with Gasteiger partial charge in [-0.15, -0.1) is 0 Å². The van der Waals surface area contributed by atoms with E-state index in [0.717, 1.165) is 5.71 Å². The average Bonchev–Trinajstić information content (AvgIpc) is 2.18. The van der Waals surface area contributed by atoms with E-state index in [-0.39, 0.29) is 0 Å². The Morgan fingerprint density at radius 3 is 2.87 bits per heavy atom. The summed E-state index contributed by atoms with van der Waals surface area (Å²) in [6.45, 7) is 3.54. The van der Waals surface area contributed by atoms with Crippen molar-refractivity contribution in [2.45, 2.75) is 13.8 Å². The van der Waals surface area contributed by atoms with Crippen molar-refractivity contribution < 1.29 is 4.79 Å². The van der Waals surface area contributed by atoms with Crippen LogP contribution < -0.4 is 10.7 Å². The lowest BCUT2D eigenvalue weighted by Crippen LogP contribution is -2.25. The van der Waals surface area contributed by atoms with Crippen LogP contribution in [-0.4, -0.2) is 16.7 Å².